The molecule has 0 saturated carbocycles. The number of aryl methyl sites for hydroxylation is 1. The van der Waals surface area contributed by atoms with Gasteiger partial charge < -0.3 is 10.7 Å². The molecule has 2 rings (SSSR count). The largest absolute Gasteiger partial charge is 0.345 e. The summed E-state index contributed by atoms with van der Waals surface area (Å²) >= 11 is 0. The molecule has 0 aromatic carbocycles. The molecule has 3 nitrogen and oxygen atoms in total. The highest BCUT2D eigenvalue weighted by molar-refractivity contribution is 5.23. The van der Waals surface area contributed by atoms with Crippen molar-refractivity contribution >= 4 is 0 Å². The molecule has 1 atom stereocenters. The lowest BCUT2D eigenvalue weighted by atomic mass is 10.1. The van der Waals surface area contributed by atoms with E-state index >= 15 is 0 Å². The summed E-state index contributed by atoms with van der Waals surface area (Å²) in [4.78, 5) is 7.65. The average molecular weight is 151 g/mol. The fourth-order valence-corrected chi connectivity index (χ4v) is 1.67. The van der Waals surface area contributed by atoms with E-state index in [1.165, 1.54) is 17.8 Å². The zero-order valence-corrected chi connectivity index (χ0v) is 6.72. The van der Waals surface area contributed by atoms with E-state index < -0.39 is 0 Å². The molecule has 11 heavy (non-hydrogen) atoms. The number of fused-ring (bicyclic) bond motifs is 1. The van der Waals surface area contributed by atoms with E-state index in [0.29, 0.717) is 12.5 Å². The summed E-state index contributed by atoms with van der Waals surface area (Å²) in [6.45, 7) is 2.74. The molecule has 1 unspecified atom stereocenters. The first-order valence-electron chi connectivity index (χ1n) is 4.09. The van der Waals surface area contributed by atoms with Gasteiger partial charge in [0.25, 0.3) is 0 Å². The normalized spacial score (nSPS) is 22.2. The third-order valence-corrected chi connectivity index (χ3v) is 2.35. The predicted molar refractivity (Wildman–Crippen MR) is 43.2 cm³/mol. The molecule has 1 aliphatic carbocycles. The van der Waals surface area contributed by atoms with Gasteiger partial charge in [-0.2, -0.15) is 0 Å². The Morgan fingerprint density at radius 2 is 2.55 bits per heavy atom. The van der Waals surface area contributed by atoms with Gasteiger partial charge in [-0.15, -0.1) is 0 Å². The Morgan fingerprint density at radius 3 is 3.18 bits per heavy atom. The summed E-state index contributed by atoms with van der Waals surface area (Å²) in [5.41, 5.74) is 8.01. The number of aromatic nitrogens is 2. The van der Waals surface area contributed by atoms with Crippen LogP contribution in [0, 0.1) is 0 Å². The van der Waals surface area contributed by atoms with Crippen LogP contribution in [0.15, 0.2) is 0 Å². The van der Waals surface area contributed by atoms with Crippen molar-refractivity contribution in [1.82, 2.24) is 9.97 Å². The Labute approximate surface area is 66.0 Å². The minimum absolute atomic E-state index is 0.528. The molecule has 1 aromatic rings. The fourth-order valence-electron chi connectivity index (χ4n) is 1.67. The van der Waals surface area contributed by atoms with E-state index in [0.717, 1.165) is 12.2 Å². The molecule has 60 valence electrons. The maximum absolute atomic E-state index is 5.46. The van der Waals surface area contributed by atoms with Gasteiger partial charge in [0.05, 0.1) is 12.2 Å². The van der Waals surface area contributed by atoms with E-state index in [1.807, 2.05) is 0 Å². The lowest BCUT2D eigenvalue weighted by Gasteiger charge is -1.96. The van der Waals surface area contributed by atoms with Crippen molar-refractivity contribution in [2.24, 2.45) is 5.73 Å². The van der Waals surface area contributed by atoms with Crippen molar-refractivity contribution < 1.29 is 0 Å². The first kappa shape index (κ1) is 6.85. The van der Waals surface area contributed by atoms with Crippen LogP contribution in [-0.4, -0.2) is 9.97 Å². The summed E-state index contributed by atoms with van der Waals surface area (Å²) < 4.78 is 0. The molecule has 1 aromatic heterocycles. The quantitative estimate of drug-likeness (QED) is 0.627. The minimum atomic E-state index is 0.528. The number of H-pyrrole nitrogens is 1. The summed E-state index contributed by atoms with van der Waals surface area (Å²) in [5.74, 6) is 1.56. The molecular formula is C8H13N3. The van der Waals surface area contributed by atoms with Crippen LogP contribution in [0.4, 0.5) is 0 Å². The second kappa shape index (κ2) is 2.34. The second-order valence-electron chi connectivity index (χ2n) is 3.19. The van der Waals surface area contributed by atoms with Gasteiger partial charge in [-0.1, -0.05) is 6.92 Å². The molecule has 1 aliphatic rings. The van der Waals surface area contributed by atoms with Gasteiger partial charge in [-0.05, 0) is 12.8 Å². The molecule has 0 aliphatic heterocycles. The molecule has 3 N–H and O–H groups in total. The predicted octanol–water partition coefficient (Wildman–Crippen LogP) is 0.918. The highest BCUT2D eigenvalue weighted by Crippen LogP contribution is 2.30. The third kappa shape index (κ3) is 0.959. The van der Waals surface area contributed by atoms with Crippen LogP contribution in [-0.2, 0) is 13.0 Å². The summed E-state index contributed by atoms with van der Waals surface area (Å²) in [6.07, 6.45) is 2.38. The Balaban J connectivity index is 2.38. The number of aromatic amines is 1. The van der Waals surface area contributed by atoms with E-state index in [-0.39, 0.29) is 0 Å². The van der Waals surface area contributed by atoms with E-state index in [9.17, 15) is 0 Å². The van der Waals surface area contributed by atoms with Crippen LogP contribution >= 0.6 is 0 Å². The lowest BCUT2D eigenvalue weighted by molar-refractivity contribution is 0.715. The Morgan fingerprint density at radius 1 is 1.73 bits per heavy atom. The molecule has 0 radical (unpaired) electrons. The van der Waals surface area contributed by atoms with Crippen molar-refractivity contribution in [2.75, 3.05) is 0 Å². The highest BCUT2D eigenvalue weighted by Gasteiger charge is 2.22. The number of hydrogen-bond donors (Lipinski definition) is 2. The van der Waals surface area contributed by atoms with Crippen LogP contribution in [0.25, 0.3) is 0 Å². The van der Waals surface area contributed by atoms with Gasteiger partial charge in [-0.25, -0.2) is 4.98 Å². The Bertz CT molecular complexity index is 264. The zero-order valence-electron chi connectivity index (χ0n) is 6.72. The summed E-state index contributed by atoms with van der Waals surface area (Å²) in [5, 5.41) is 0. The Kier molecular flexibility index (Phi) is 1.46. The highest BCUT2D eigenvalue weighted by atomic mass is 15.0. The second-order valence-corrected chi connectivity index (χ2v) is 3.19. The van der Waals surface area contributed by atoms with Crippen molar-refractivity contribution in [3.63, 3.8) is 0 Å². The third-order valence-electron chi connectivity index (χ3n) is 2.35. The lowest BCUT2D eigenvalue weighted by Crippen LogP contribution is -1.99. The first-order valence-corrected chi connectivity index (χ1v) is 4.09. The number of rotatable bonds is 1. The van der Waals surface area contributed by atoms with Crippen molar-refractivity contribution in [1.29, 1.82) is 0 Å². The van der Waals surface area contributed by atoms with Gasteiger partial charge >= 0.3 is 0 Å². The monoisotopic (exact) mass is 151 g/mol. The van der Waals surface area contributed by atoms with Gasteiger partial charge in [0.2, 0.25) is 0 Å². The molecule has 0 amide bonds. The molecular weight excluding hydrogens is 138 g/mol. The fraction of sp³-hybridized carbons (Fsp3) is 0.625. The number of nitrogens with one attached hydrogen (secondary N) is 1. The first-order chi connectivity index (χ1) is 5.31. The maximum atomic E-state index is 5.46. The molecule has 0 bridgehead atoms. The molecule has 0 spiro atoms. The maximum Gasteiger partial charge on any atom is 0.120 e. The molecule has 3 heteroatoms. The summed E-state index contributed by atoms with van der Waals surface area (Å²) in [6, 6.07) is 0. The van der Waals surface area contributed by atoms with Gasteiger partial charge in [0.15, 0.2) is 0 Å². The smallest absolute Gasteiger partial charge is 0.120 e. The average Bonchev–Trinajstić information content (AvgIpc) is 2.53. The van der Waals surface area contributed by atoms with Gasteiger partial charge in [0.1, 0.15) is 5.82 Å². The topological polar surface area (TPSA) is 54.7 Å². The van der Waals surface area contributed by atoms with E-state index in [4.69, 9.17) is 5.73 Å². The van der Waals surface area contributed by atoms with Crippen molar-refractivity contribution in [3.05, 3.63) is 17.2 Å². The van der Waals surface area contributed by atoms with E-state index in [2.05, 4.69) is 16.9 Å². The summed E-state index contributed by atoms with van der Waals surface area (Å²) in [7, 11) is 0. The van der Waals surface area contributed by atoms with Crippen LogP contribution in [0.2, 0.25) is 0 Å². The number of nitrogens with zero attached hydrogens (tertiary/aromatic N) is 1. The number of hydrogen-bond acceptors (Lipinski definition) is 2. The van der Waals surface area contributed by atoms with Crippen LogP contribution < -0.4 is 5.73 Å². The molecule has 1 heterocycles. The van der Waals surface area contributed by atoms with Crippen molar-refractivity contribution in [2.45, 2.75) is 32.2 Å². The van der Waals surface area contributed by atoms with Crippen LogP contribution in [0.5, 0.6) is 0 Å². The SMILES string of the molecule is CC1CCc2[nH]c(CN)nc21. The minimum Gasteiger partial charge on any atom is -0.345 e. The molecule has 0 saturated heterocycles. The number of nitrogens with two attached hydrogens (primary N) is 1. The zero-order chi connectivity index (χ0) is 7.84. The van der Waals surface area contributed by atoms with Crippen molar-refractivity contribution in [3.8, 4) is 0 Å². The van der Waals surface area contributed by atoms with Gasteiger partial charge in [-0.3, -0.25) is 0 Å². The standard InChI is InChI=1S/C8H13N3/c1-5-2-3-6-8(5)11-7(4-9)10-6/h5H,2-4,9H2,1H3,(H,10,11). The van der Waals surface area contributed by atoms with Crippen LogP contribution in [0.3, 0.4) is 0 Å². The number of imidazole rings is 1. The Hall–Kier alpha value is -0.830. The molecule has 0 fully saturated rings. The van der Waals surface area contributed by atoms with Gasteiger partial charge in [0, 0.05) is 11.6 Å². The van der Waals surface area contributed by atoms with E-state index in [1.54, 1.807) is 0 Å². The van der Waals surface area contributed by atoms with Crippen LogP contribution in [0.1, 0.15) is 36.5 Å².